The zero-order valence-electron chi connectivity index (χ0n) is 12.0. The minimum absolute atomic E-state index is 0.118. The fraction of sp³-hybridized carbons (Fsp3) is 0.625. The van der Waals surface area contributed by atoms with Gasteiger partial charge in [0, 0.05) is 26.2 Å². The van der Waals surface area contributed by atoms with Gasteiger partial charge in [-0.15, -0.1) is 0 Å². The number of rotatable bonds is 6. The molecule has 2 nitrogen and oxygen atoms in total. The minimum Gasteiger partial charge on any atom is -0.370 e. The molecule has 20 heavy (non-hydrogen) atoms. The van der Waals surface area contributed by atoms with Gasteiger partial charge in [-0.05, 0) is 49.3 Å². The van der Waals surface area contributed by atoms with Crippen LogP contribution in [0.5, 0.6) is 0 Å². The van der Waals surface area contributed by atoms with Crippen molar-refractivity contribution in [3.63, 3.8) is 0 Å². The van der Waals surface area contributed by atoms with Crippen molar-refractivity contribution < 1.29 is 8.78 Å². The molecule has 0 unspecified atom stereocenters. The highest BCUT2D eigenvalue weighted by Crippen LogP contribution is 2.31. The molecule has 1 aromatic rings. The summed E-state index contributed by atoms with van der Waals surface area (Å²) in [5.74, 6) is -0.297. The van der Waals surface area contributed by atoms with Crippen molar-refractivity contribution in [1.82, 2.24) is 5.32 Å². The highest BCUT2D eigenvalue weighted by atomic mass is 19.1. The summed E-state index contributed by atoms with van der Waals surface area (Å²) in [5.41, 5.74) is 0.805. The Hall–Kier alpha value is -1.16. The first kappa shape index (κ1) is 13.8. The summed E-state index contributed by atoms with van der Waals surface area (Å²) in [6, 6.07) is 3.47. The van der Waals surface area contributed by atoms with Crippen molar-refractivity contribution >= 4 is 5.69 Å². The van der Waals surface area contributed by atoms with Crippen LogP contribution in [0.25, 0.3) is 0 Å². The normalized spacial score (nSPS) is 18.9. The Balaban J connectivity index is 1.69. The second-order valence-electron chi connectivity index (χ2n) is 6.24. The minimum atomic E-state index is -0.445. The van der Waals surface area contributed by atoms with Crippen molar-refractivity contribution in [2.24, 2.45) is 5.92 Å². The second kappa shape index (κ2) is 5.68. The highest BCUT2D eigenvalue weighted by molar-refractivity contribution is 5.50. The zero-order chi connectivity index (χ0) is 14.1. The molecule has 0 heterocycles. The number of hydrogen-bond acceptors (Lipinski definition) is 2. The summed E-state index contributed by atoms with van der Waals surface area (Å²) in [6.07, 6.45) is 5.95. The van der Waals surface area contributed by atoms with E-state index in [1.54, 1.807) is 11.9 Å². The van der Waals surface area contributed by atoms with Crippen LogP contribution in [0.3, 0.4) is 0 Å². The molecule has 2 aliphatic carbocycles. The summed E-state index contributed by atoms with van der Waals surface area (Å²) >= 11 is 0. The molecular formula is C16H22F2N2. The molecule has 4 heteroatoms. The number of hydrogen-bond donors (Lipinski definition) is 1. The van der Waals surface area contributed by atoms with Gasteiger partial charge in [0.05, 0.1) is 0 Å². The molecule has 0 aliphatic heterocycles. The maximum Gasteiger partial charge on any atom is 0.149 e. The van der Waals surface area contributed by atoms with Gasteiger partial charge in [0.2, 0.25) is 0 Å². The quantitative estimate of drug-likeness (QED) is 0.858. The van der Waals surface area contributed by atoms with Crippen LogP contribution in [0.4, 0.5) is 14.5 Å². The molecular weight excluding hydrogens is 258 g/mol. The Morgan fingerprint density at radius 1 is 1.15 bits per heavy atom. The lowest BCUT2D eigenvalue weighted by Crippen LogP contribution is -2.30. The summed E-state index contributed by atoms with van der Waals surface area (Å²) in [5, 5.41) is 3.28. The first-order chi connectivity index (χ1) is 9.63. The maximum absolute atomic E-state index is 14.2. The van der Waals surface area contributed by atoms with Crippen molar-refractivity contribution in [3.8, 4) is 0 Å². The van der Waals surface area contributed by atoms with Gasteiger partial charge in [0.15, 0.2) is 0 Å². The van der Waals surface area contributed by atoms with Crippen LogP contribution in [0.2, 0.25) is 0 Å². The van der Waals surface area contributed by atoms with Gasteiger partial charge in [-0.25, -0.2) is 8.78 Å². The fourth-order valence-corrected chi connectivity index (χ4v) is 2.79. The molecule has 0 radical (unpaired) electrons. The third kappa shape index (κ3) is 3.11. The molecule has 0 spiro atoms. The lowest BCUT2D eigenvalue weighted by Gasteiger charge is -2.31. The van der Waals surface area contributed by atoms with E-state index in [0.29, 0.717) is 24.1 Å². The monoisotopic (exact) mass is 280 g/mol. The first-order valence-corrected chi connectivity index (χ1v) is 7.56. The van der Waals surface area contributed by atoms with Crippen LogP contribution in [0.15, 0.2) is 12.1 Å². The smallest absolute Gasteiger partial charge is 0.149 e. The Labute approximate surface area is 119 Å². The Morgan fingerprint density at radius 2 is 1.80 bits per heavy atom. The number of anilines is 1. The molecule has 0 aromatic heterocycles. The maximum atomic E-state index is 14.2. The standard InChI is InChI=1S/C16H22F2N2/c1-20(10-11-3-2-4-11)16-14(17)7-12(8-15(16)18)9-19-13-5-6-13/h7-8,11,13,19H,2-6,9-10H2,1H3. The van der Waals surface area contributed by atoms with E-state index < -0.39 is 11.6 Å². The largest absolute Gasteiger partial charge is 0.370 e. The number of nitrogens with zero attached hydrogens (tertiary/aromatic N) is 1. The Morgan fingerprint density at radius 3 is 2.30 bits per heavy atom. The molecule has 2 saturated carbocycles. The van der Waals surface area contributed by atoms with E-state index in [-0.39, 0.29) is 5.69 Å². The van der Waals surface area contributed by atoms with Gasteiger partial charge < -0.3 is 10.2 Å². The molecule has 0 saturated heterocycles. The van der Waals surface area contributed by atoms with E-state index in [9.17, 15) is 8.78 Å². The van der Waals surface area contributed by atoms with Crippen LogP contribution in [-0.2, 0) is 6.54 Å². The number of nitrogens with one attached hydrogen (secondary N) is 1. The van der Waals surface area contributed by atoms with Crippen molar-refractivity contribution in [3.05, 3.63) is 29.3 Å². The molecule has 1 N–H and O–H groups in total. The van der Waals surface area contributed by atoms with Crippen molar-refractivity contribution in [1.29, 1.82) is 0 Å². The molecule has 0 amide bonds. The molecule has 3 rings (SSSR count). The number of benzene rings is 1. The molecule has 1 aromatic carbocycles. The molecule has 2 aliphatic rings. The third-order valence-corrected chi connectivity index (χ3v) is 4.39. The average molecular weight is 280 g/mol. The van der Waals surface area contributed by atoms with E-state index in [4.69, 9.17) is 0 Å². The Kier molecular flexibility index (Phi) is 3.92. The Bertz CT molecular complexity index is 458. The van der Waals surface area contributed by atoms with Crippen LogP contribution in [-0.4, -0.2) is 19.6 Å². The SMILES string of the molecule is CN(CC1CCC1)c1c(F)cc(CNC2CC2)cc1F. The predicted molar refractivity (Wildman–Crippen MR) is 76.8 cm³/mol. The highest BCUT2D eigenvalue weighted by Gasteiger charge is 2.23. The molecule has 110 valence electrons. The predicted octanol–water partition coefficient (Wildman–Crippen LogP) is 3.45. The van der Waals surface area contributed by atoms with E-state index in [2.05, 4.69) is 5.32 Å². The van der Waals surface area contributed by atoms with Gasteiger partial charge in [-0.2, -0.15) is 0 Å². The van der Waals surface area contributed by atoms with Crippen LogP contribution in [0.1, 0.15) is 37.7 Å². The third-order valence-electron chi connectivity index (χ3n) is 4.39. The van der Waals surface area contributed by atoms with Gasteiger partial charge in [0.1, 0.15) is 17.3 Å². The van der Waals surface area contributed by atoms with Gasteiger partial charge in [-0.3, -0.25) is 0 Å². The molecule has 2 fully saturated rings. The lowest BCUT2D eigenvalue weighted by molar-refractivity contribution is 0.320. The van der Waals surface area contributed by atoms with Gasteiger partial charge in [-0.1, -0.05) is 6.42 Å². The van der Waals surface area contributed by atoms with Crippen LogP contribution < -0.4 is 10.2 Å². The van der Waals surface area contributed by atoms with E-state index >= 15 is 0 Å². The molecule has 0 bridgehead atoms. The summed E-state index contributed by atoms with van der Waals surface area (Å²) in [4.78, 5) is 1.73. The van der Waals surface area contributed by atoms with E-state index in [1.165, 1.54) is 44.2 Å². The summed E-state index contributed by atoms with van der Waals surface area (Å²) < 4.78 is 28.3. The van der Waals surface area contributed by atoms with E-state index in [1.807, 2.05) is 0 Å². The topological polar surface area (TPSA) is 15.3 Å². The number of halogens is 2. The average Bonchev–Trinajstić information content (AvgIpc) is 3.14. The van der Waals surface area contributed by atoms with Gasteiger partial charge >= 0.3 is 0 Å². The van der Waals surface area contributed by atoms with Crippen LogP contribution >= 0.6 is 0 Å². The van der Waals surface area contributed by atoms with Crippen molar-refractivity contribution in [2.45, 2.75) is 44.7 Å². The van der Waals surface area contributed by atoms with Gasteiger partial charge in [0.25, 0.3) is 0 Å². The zero-order valence-corrected chi connectivity index (χ0v) is 12.0. The lowest BCUT2D eigenvalue weighted by atomic mass is 9.85. The van der Waals surface area contributed by atoms with E-state index in [0.717, 1.165) is 6.54 Å². The molecule has 0 atom stereocenters. The summed E-state index contributed by atoms with van der Waals surface area (Å²) in [7, 11) is 1.78. The first-order valence-electron chi connectivity index (χ1n) is 7.56. The second-order valence-corrected chi connectivity index (χ2v) is 6.24. The fourth-order valence-electron chi connectivity index (χ4n) is 2.79. The summed E-state index contributed by atoms with van der Waals surface area (Å²) in [6.45, 7) is 1.29. The van der Waals surface area contributed by atoms with Crippen molar-refractivity contribution in [2.75, 3.05) is 18.5 Å². The van der Waals surface area contributed by atoms with Crippen LogP contribution in [0, 0.1) is 17.6 Å².